The SMILES string of the molecule is CC.CC1CCO1.CCSNC1C(F)CN(C=O)C1Cc1cccc(-c2cccc(F)c2)c1F. The van der Waals surface area contributed by atoms with Gasteiger partial charge in [-0.2, -0.15) is 0 Å². The molecule has 0 aromatic heterocycles. The van der Waals surface area contributed by atoms with Gasteiger partial charge in [0.15, 0.2) is 0 Å². The molecular weight excluding hydrogens is 461 g/mol. The molecule has 4 nitrogen and oxygen atoms in total. The third-order valence-corrected chi connectivity index (χ3v) is 6.41. The molecule has 0 radical (unpaired) electrons. The molecule has 34 heavy (non-hydrogen) atoms. The van der Waals surface area contributed by atoms with E-state index in [0.29, 0.717) is 23.6 Å². The predicted octanol–water partition coefficient (Wildman–Crippen LogP) is 5.80. The topological polar surface area (TPSA) is 41.6 Å². The van der Waals surface area contributed by atoms with E-state index in [1.165, 1.54) is 41.5 Å². The normalized spacial score (nSPS) is 23.2. The molecule has 4 unspecified atom stereocenters. The van der Waals surface area contributed by atoms with Crippen LogP contribution in [0, 0.1) is 11.6 Å². The lowest BCUT2D eigenvalue weighted by Gasteiger charge is -2.26. The average Bonchev–Trinajstić information content (AvgIpc) is 3.13. The molecule has 2 heterocycles. The monoisotopic (exact) mass is 496 g/mol. The molecule has 2 fully saturated rings. The predicted molar refractivity (Wildman–Crippen MR) is 133 cm³/mol. The highest BCUT2D eigenvalue weighted by molar-refractivity contribution is 7.97. The molecule has 2 aliphatic rings. The number of hydrogen-bond acceptors (Lipinski definition) is 4. The van der Waals surface area contributed by atoms with E-state index in [9.17, 15) is 13.6 Å². The highest BCUT2D eigenvalue weighted by atomic mass is 32.2. The van der Waals surface area contributed by atoms with Crippen molar-refractivity contribution in [3.63, 3.8) is 0 Å². The molecule has 4 rings (SSSR count). The van der Waals surface area contributed by atoms with Crippen molar-refractivity contribution in [1.82, 2.24) is 9.62 Å². The first-order valence-corrected chi connectivity index (χ1v) is 12.8. The van der Waals surface area contributed by atoms with Gasteiger partial charge in [-0.25, -0.2) is 13.2 Å². The lowest BCUT2D eigenvalue weighted by molar-refractivity contribution is -0.119. The highest BCUT2D eigenvalue weighted by Crippen LogP contribution is 2.30. The Kier molecular flexibility index (Phi) is 11.9. The zero-order chi connectivity index (χ0) is 25.1. The fourth-order valence-corrected chi connectivity index (χ4v) is 4.45. The lowest BCUT2D eigenvalue weighted by atomic mass is 9.96. The maximum Gasteiger partial charge on any atom is 0.210 e. The summed E-state index contributed by atoms with van der Waals surface area (Å²) in [6, 6.07) is 9.57. The van der Waals surface area contributed by atoms with Gasteiger partial charge >= 0.3 is 0 Å². The zero-order valence-corrected chi connectivity index (χ0v) is 21.1. The summed E-state index contributed by atoms with van der Waals surface area (Å²) in [6.07, 6.45) is 1.41. The first-order valence-electron chi connectivity index (χ1n) is 11.8. The number of nitrogens with one attached hydrogen (secondary N) is 1. The quantitative estimate of drug-likeness (QED) is 0.389. The summed E-state index contributed by atoms with van der Waals surface area (Å²) in [4.78, 5) is 12.8. The van der Waals surface area contributed by atoms with E-state index in [4.69, 9.17) is 4.74 Å². The van der Waals surface area contributed by atoms with Crippen LogP contribution in [0.5, 0.6) is 0 Å². The molecule has 2 aromatic carbocycles. The number of carbonyl (C=O) groups excluding carboxylic acids is 1. The van der Waals surface area contributed by atoms with E-state index >= 15 is 4.39 Å². The Morgan fingerprint density at radius 2 is 1.88 bits per heavy atom. The summed E-state index contributed by atoms with van der Waals surface area (Å²) in [5.74, 6) is -0.167. The molecule has 1 N–H and O–H groups in total. The summed E-state index contributed by atoms with van der Waals surface area (Å²) in [5.41, 5.74) is 1.09. The van der Waals surface area contributed by atoms with Crippen molar-refractivity contribution in [2.75, 3.05) is 18.9 Å². The third kappa shape index (κ3) is 7.48. The molecule has 2 aliphatic heterocycles. The molecule has 0 saturated carbocycles. The van der Waals surface area contributed by atoms with Crippen molar-refractivity contribution >= 4 is 18.4 Å². The minimum absolute atomic E-state index is 0.0126. The van der Waals surface area contributed by atoms with Crippen LogP contribution in [0.3, 0.4) is 0 Å². The molecule has 4 atom stereocenters. The molecule has 0 aliphatic carbocycles. The Bertz CT molecular complexity index is 898. The summed E-state index contributed by atoms with van der Waals surface area (Å²) in [7, 11) is 0. The van der Waals surface area contributed by atoms with Gasteiger partial charge in [-0.1, -0.05) is 63.1 Å². The summed E-state index contributed by atoms with van der Waals surface area (Å²) >= 11 is 1.37. The number of hydrogen-bond donors (Lipinski definition) is 1. The standard InChI is InChI=1S/C20H21F3N2OS.C4H8O.C2H6/c1-2-27-24-20-17(22)11-25(12-26)18(20)10-14-6-4-8-16(19(14)23)13-5-3-7-15(21)9-13;1-4-2-3-5-4;1-2/h3-9,12,17-18,20,24H,2,10-11H2,1H3;4H,2-3H2,1H3;1-2H3. The molecule has 1 amide bonds. The second kappa shape index (κ2) is 14.4. The molecule has 0 bridgehead atoms. The van der Waals surface area contributed by atoms with Crippen molar-refractivity contribution in [2.45, 2.75) is 64.9 Å². The van der Waals surface area contributed by atoms with Crippen LogP contribution in [0.4, 0.5) is 13.2 Å². The van der Waals surface area contributed by atoms with Gasteiger partial charge in [0.2, 0.25) is 6.41 Å². The van der Waals surface area contributed by atoms with Crippen LogP contribution in [0.15, 0.2) is 42.5 Å². The van der Waals surface area contributed by atoms with Gasteiger partial charge < -0.3 is 9.64 Å². The zero-order valence-electron chi connectivity index (χ0n) is 20.3. The minimum Gasteiger partial charge on any atom is -0.378 e. The van der Waals surface area contributed by atoms with E-state index in [2.05, 4.69) is 11.6 Å². The number of nitrogens with zero attached hydrogens (tertiary/aromatic N) is 1. The largest absolute Gasteiger partial charge is 0.378 e. The van der Waals surface area contributed by atoms with E-state index < -0.39 is 29.9 Å². The van der Waals surface area contributed by atoms with Crippen LogP contribution in [0.25, 0.3) is 11.1 Å². The molecule has 2 aromatic rings. The van der Waals surface area contributed by atoms with E-state index in [1.54, 1.807) is 24.3 Å². The number of rotatable bonds is 7. The molecule has 0 spiro atoms. The highest BCUT2D eigenvalue weighted by Gasteiger charge is 2.41. The molecule has 2 saturated heterocycles. The van der Waals surface area contributed by atoms with Crippen LogP contribution >= 0.6 is 11.9 Å². The van der Waals surface area contributed by atoms with Crippen LogP contribution in [0.1, 0.15) is 39.7 Å². The van der Waals surface area contributed by atoms with Crippen LogP contribution < -0.4 is 4.72 Å². The van der Waals surface area contributed by atoms with Gasteiger partial charge in [0.1, 0.15) is 17.8 Å². The summed E-state index contributed by atoms with van der Waals surface area (Å²) < 4.78 is 51.0. The molecular formula is C26H35F3N2O2S. The van der Waals surface area contributed by atoms with Crippen molar-refractivity contribution in [3.8, 4) is 11.1 Å². The van der Waals surface area contributed by atoms with Crippen molar-refractivity contribution in [2.24, 2.45) is 0 Å². The summed E-state index contributed by atoms with van der Waals surface area (Å²) in [5, 5.41) is 0. The minimum atomic E-state index is -1.21. The lowest BCUT2D eigenvalue weighted by Crippen LogP contribution is -2.43. The number of amides is 1. The Balaban J connectivity index is 0.000000507. The average molecular weight is 497 g/mol. The van der Waals surface area contributed by atoms with Gasteiger partial charge in [-0.05, 0) is 43.0 Å². The second-order valence-electron chi connectivity index (χ2n) is 7.93. The Hall–Kier alpha value is -2.03. The Morgan fingerprint density at radius 3 is 2.44 bits per heavy atom. The Labute approximate surface area is 205 Å². The van der Waals surface area contributed by atoms with Crippen LogP contribution in [-0.4, -0.2) is 54.6 Å². The van der Waals surface area contributed by atoms with Crippen LogP contribution in [-0.2, 0) is 16.0 Å². The molecule has 8 heteroatoms. The number of benzene rings is 2. The van der Waals surface area contributed by atoms with Crippen molar-refractivity contribution in [3.05, 3.63) is 59.7 Å². The van der Waals surface area contributed by atoms with Gasteiger partial charge in [0.05, 0.1) is 24.7 Å². The first kappa shape index (κ1) is 28.2. The number of likely N-dealkylation sites (tertiary alicyclic amines) is 1. The van der Waals surface area contributed by atoms with Gasteiger partial charge in [-0.15, -0.1) is 0 Å². The van der Waals surface area contributed by atoms with Crippen LogP contribution in [0.2, 0.25) is 0 Å². The first-order chi connectivity index (χ1) is 16.4. The van der Waals surface area contributed by atoms with Gasteiger partial charge in [0.25, 0.3) is 0 Å². The Morgan fingerprint density at radius 1 is 1.21 bits per heavy atom. The maximum absolute atomic E-state index is 15.1. The van der Waals surface area contributed by atoms with Gasteiger partial charge in [0, 0.05) is 17.9 Å². The summed E-state index contributed by atoms with van der Waals surface area (Å²) in [6.45, 7) is 9.00. The number of alkyl halides is 1. The number of halogens is 3. The van der Waals surface area contributed by atoms with Gasteiger partial charge in [-0.3, -0.25) is 9.52 Å². The van der Waals surface area contributed by atoms with Crippen molar-refractivity contribution < 1.29 is 22.7 Å². The second-order valence-corrected chi connectivity index (χ2v) is 9.03. The van der Waals surface area contributed by atoms with E-state index in [1.807, 2.05) is 20.8 Å². The van der Waals surface area contributed by atoms with E-state index in [0.717, 1.165) is 12.4 Å². The fourth-order valence-electron chi connectivity index (χ4n) is 3.79. The van der Waals surface area contributed by atoms with Crippen molar-refractivity contribution in [1.29, 1.82) is 0 Å². The van der Waals surface area contributed by atoms with E-state index in [-0.39, 0.29) is 18.5 Å². The fraction of sp³-hybridized carbons (Fsp3) is 0.500. The maximum atomic E-state index is 15.1. The third-order valence-electron chi connectivity index (χ3n) is 5.68. The number of carbonyl (C=O) groups is 1. The smallest absolute Gasteiger partial charge is 0.210 e. The molecule has 188 valence electrons. The number of ether oxygens (including phenoxy) is 1.